The van der Waals surface area contributed by atoms with Crippen LogP contribution in [0.1, 0.15) is 23.2 Å². The molecular weight excluding hydrogens is 382 g/mol. The van der Waals surface area contributed by atoms with Gasteiger partial charge in [0, 0.05) is 38.3 Å². The Bertz CT molecular complexity index is 896. The largest absolute Gasteiger partial charge is 0.385 e. The van der Waals surface area contributed by atoms with Gasteiger partial charge in [-0.3, -0.25) is 4.79 Å². The van der Waals surface area contributed by atoms with E-state index in [1.165, 1.54) is 4.90 Å². The maximum absolute atomic E-state index is 12.8. The quantitative estimate of drug-likeness (QED) is 0.599. The third-order valence-electron chi connectivity index (χ3n) is 5.65. The van der Waals surface area contributed by atoms with E-state index in [1.54, 1.807) is 25.6 Å². The molecule has 0 unspecified atom stereocenters. The van der Waals surface area contributed by atoms with Gasteiger partial charge in [-0.25, -0.2) is 9.97 Å². The smallest absolute Gasteiger partial charge is 0.280 e. The van der Waals surface area contributed by atoms with E-state index < -0.39 is 0 Å². The van der Waals surface area contributed by atoms with Crippen molar-refractivity contribution >= 4 is 17.7 Å². The number of amides is 1. The van der Waals surface area contributed by atoms with Crippen LogP contribution in [0.25, 0.3) is 0 Å². The number of nitriles is 1. The molecule has 30 heavy (non-hydrogen) atoms. The number of rotatable bonds is 8. The number of methoxy groups -OCH3 is 1. The van der Waals surface area contributed by atoms with Crippen LogP contribution >= 0.6 is 0 Å². The molecular formula is C21H30N7O2+. The second-order valence-electron chi connectivity index (χ2n) is 7.55. The summed E-state index contributed by atoms with van der Waals surface area (Å²) in [6, 6.07) is 4.06. The first-order valence-electron chi connectivity index (χ1n) is 10.3. The zero-order chi connectivity index (χ0) is 21.5. The standard InChI is InChI=1S/C21H29N7O2/c1-16-17(2)28(8-5-13-30-3)20(18(16)14-22)25-19(29)15-26-9-11-27(12-10-26)21-23-6-4-7-24-21/h4,6-7H,5,8-13,15H2,1-3H3,(H,25,29)/p+1. The van der Waals surface area contributed by atoms with Crippen LogP contribution in [-0.2, 0) is 16.1 Å². The average Bonchev–Trinajstić information content (AvgIpc) is 2.98. The van der Waals surface area contributed by atoms with Crippen LogP contribution in [-0.4, -0.2) is 66.9 Å². The molecule has 1 fully saturated rings. The summed E-state index contributed by atoms with van der Waals surface area (Å²) in [5.41, 5.74) is 2.45. The molecule has 0 radical (unpaired) electrons. The van der Waals surface area contributed by atoms with E-state index in [9.17, 15) is 10.1 Å². The third kappa shape index (κ3) is 4.96. The van der Waals surface area contributed by atoms with Gasteiger partial charge in [-0.2, -0.15) is 5.26 Å². The van der Waals surface area contributed by atoms with Crippen LogP contribution in [0, 0.1) is 25.2 Å². The SMILES string of the molecule is COCCCn1c(C)c(C)c(C#N)c1NC(=O)C[NH+]1CCN(c2ncccn2)CC1. The van der Waals surface area contributed by atoms with Crippen LogP contribution in [0.3, 0.4) is 0 Å². The summed E-state index contributed by atoms with van der Waals surface area (Å²) in [6.45, 7) is 8.89. The molecule has 0 aromatic carbocycles. The van der Waals surface area contributed by atoms with Crippen LogP contribution in [0.5, 0.6) is 0 Å². The molecule has 1 aliphatic heterocycles. The molecule has 9 heteroatoms. The first-order valence-corrected chi connectivity index (χ1v) is 10.3. The maximum atomic E-state index is 12.8. The van der Waals surface area contributed by atoms with E-state index in [0.717, 1.165) is 49.8 Å². The van der Waals surface area contributed by atoms with Gasteiger partial charge in [0.15, 0.2) is 6.54 Å². The van der Waals surface area contributed by atoms with Crippen molar-refractivity contribution in [1.82, 2.24) is 14.5 Å². The number of ether oxygens (including phenoxy) is 1. The van der Waals surface area contributed by atoms with Crippen molar-refractivity contribution < 1.29 is 14.4 Å². The van der Waals surface area contributed by atoms with E-state index in [-0.39, 0.29) is 5.91 Å². The molecule has 1 aliphatic rings. The number of aromatic nitrogens is 3. The Morgan fingerprint density at radius 1 is 1.30 bits per heavy atom. The second kappa shape index (κ2) is 10.2. The van der Waals surface area contributed by atoms with Crippen molar-refractivity contribution in [2.45, 2.75) is 26.8 Å². The summed E-state index contributed by atoms with van der Waals surface area (Å²) in [6.07, 6.45) is 4.30. The van der Waals surface area contributed by atoms with E-state index in [0.29, 0.717) is 31.1 Å². The van der Waals surface area contributed by atoms with Crippen molar-refractivity contribution in [2.75, 3.05) is 56.7 Å². The third-order valence-corrected chi connectivity index (χ3v) is 5.65. The Morgan fingerprint density at radius 3 is 2.63 bits per heavy atom. The predicted molar refractivity (Wildman–Crippen MR) is 114 cm³/mol. The van der Waals surface area contributed by atoms with Gasteiger partial charge in [0.05, 0.1) is 31.7 Å². The number of anilines is 2. The fourth-order valence-electron chi connectivity index (χ4n) is 3.83. The molecule has 2 N–H and O–H groups in total. The number of hydrogen-bond donors (Lipinski definition) is 2. The predicted octanol–water partition coefficient (Wildman–Crippen LogP) is 0.147. The molecule has 160 valence electrons. The number of nitrogens with one attached hydrogen (secondary N) is 2. The Kier molecular flexibility index (Phi) is 7.38. The lowest BCUT2D eigenvalue weighted by atomic mass is 10.2. The topological polar surface area (TPSA) is 101 Å². The zero-order valence-electron chi connectivity index (χ0n) is 17.9. The Hall–Kier alpha value is -2.96. The summed E-state index contributed by atoms with van der Waals surface area (Å²) < 4.78 is 7.17. The summed E-state index contributed by atoms with van der Waals surface area (Å²) >= 11 is 0. The second-order valence-corrected chi connectivity index (χ2v) is 7.55. The van der Waals surface area contributed by atoms with Crippen molar-refractivity contribution in [2.24, 2.45) is 0 Å². The first-order chi connectivity index (χ1) is 14.5. The van der Waals surface area contributed by atoms with E-state index in [4.69, 9.17) is 4.74 Å². The van der Waals surface area contributed by atoms with Gasteiger partial charge in [0.1, 0.15) is 11.9 Å². The fourth-order valence-corrected chi connectivity index (χ4v) is 3.83. The van der Waals surface area contributed by atoms with Gasteiger partial charge in [0.25, 0.3) is 5.91 Å². The number of carbonyl (C=O) groups excluding carboxylic acids is 1. The zero-order valence-corrected chi connectivity index (χ0v) is 17.9. The van der Waals surface area contributed by atoms with E-state index >= 15 is 0 Å². The number of quaternary nitrogens is 1. The molecule has 9 nitrogen and oxygen atoms in total. The first kappa shape index (κ1) is 21.7. The van der Waals surface area contributed by atoms with Gasteiger partial charge >= 0.3 is 0 Å². The molecule has 3 heterocycles. The highest BCUT2D eigenvalue weighted by Crippen LogP contribution is 2.26. The maximum Gasteiger partial charge on any atom is 0.280 e. The van der Waals surface area contributed by atoms with Gasteiger partial charge in [0.2, 0.25) is 5.95 Å². The molecule has 0 bridgehead atoms. The van der Waals surface area contributed by atoms with Gasteiger partial charge < -0.3 is 24.4 Å². The Balaban J connectivity index is 1.61. The summed E-state index contributed by atoms with van der Waals surface area (Å²) in [4.78, 5) is 24.7. The highest BCUT2D eigenvalue weighted by Gasteiger charge is 2.25. The molecule has 2 aromatic heterocycles. The number of carbonyl (C=O) groups is 1. The van der Waals surface area contributed by atoms with E-state index in [1.807, 2.05) is 18.4 Å². The minimum absolute atomic E-state index is 0.0728. The van der Waals surface area contributed by atoms with Gasteiger partial charge in [-0.05, 0) is 31.9 Å². The summed E-state index contributed by atoms with van der Waals surface area (Å²) in [5.74, 6) is 1.26. The van der Waals surface area contributed by atoms with Crippen molar-refractivity contribution in [3.05, 3.63) is 35.3 Å². The van der Waals surface area contributed by atoms with Crippen molar-refractivity contribution in [3.63, 3.8) is 0 Å². The van der Waals surface area contributed by atoms with Crippen LogP contribution in [0.15, 0.2) is 18.5 Å². The Labute approximate surface area is 177 Å². The highest BCUT2D eigenvalue weighted by molar-refractivity contribution is 5.92. The van der Waals surface area contributed by atoms with Crippen LogP contribution < -0.4 is 15.1 Å². The molecule has 2 aromatic rings. The average molecular weight is 413 g/mol. The monoisotopic (exact) mass is 412 g/mol. The Morgan fingerprint density at radius 2 is 2.00 bits per heavy atom. The van der Waals surface area contributed by atoms with Crippen molar-refractivity contribution in [1.29, 1.82) is 5.26 Å². The normalized spacial score (nSPS) is 14.5. The highest BCUT2D eigenvalue weighted by atomic mass is 16.5. The number of nitrogens with zero attached hydrogens (tertiary/aromatic N) is 5. The lowest BCUT2D eigenvalue weighted by Gasteiger charge is -2.31. The molecule has 0 atom stereocenters. The molecule has 0 aliphatic carbocycles. The number of piperazine rings is 1. The van der Waals surface area contributed by atoms with E-state index in [2.05, 4.69) is 26.3 Å². The van der Waals surface area contributed by atoms with Crippen LogP contribution in [0.4, 0.5) is 11.8 Å². The van der Waals surface area contributed by atoms with Gasteiger partial charge in [-0.15, -0.1) is 0 Å². The molecule has 1 saturated heterocycles. The molecule has 1 amide bonds. The van der Waals surface area contributed by atoms with Crippen LogP contribution in [0.2, 0.25) is 0 Å². The van der Waals surface area contributed by atoms with Crippen molar-refractivity contribution in [3.8, 4) is 6.07 Å². The summed E-state index contributed by atoms with van der Waals surface area (Å²) in [7, 11) is 1.67. The molecule has 3 rings (SSSR count). The minimum atomic E-state index is -0.0728. The minimum Gasteiger partial charge on any atom is -0.385 e. The molecule has 0 spiro atoms. The number of hydrogen-bond acceptors (Lipinski definition) is 6. The van der Waals surface area contributed by atoms with Gasteiger partial charge in [-0.1, -0.05) is 0 Å². The summed E-state index contributed by atoms with van der Waals surface area (Å²) in [5, 5.41) is 12.6. The lowest BCUT2D eigenvalue weighted by molar-refractivity contribution is -0.892. The fraction of sp³-hybridized carbons (Fsp3) is 0.524. The molecule has 0 saturated carbocycles. The lowest BCUT2D eigenvalue weighted by Crippen LogP contribution is -3.15.